The van der Waals surface area contributed by atoms with Crippen LogP contribution in [-0.2, 0) is 9.59 Å². The van der Waals surface area contributed by atoms with Crippen LogP contribution in [0, 0.1) is 13.8 Å². The molecule has 3 rings (SSSR count). The summed E-state index contributed by atoms with van der Waals surface area (Å²) in [6.07, 6.45) is 1.60. The molecule has 0 aliphatic heterocycles. The van der Waals surface area contributed by atoms with Gasteiger partial charge in [-0.25, -0.2) is 4.68 Å². The SMILES string of the molecule is Cc1ccc(-c2nn(-c3ccccc3)cc2C(=O)NNC(=O)C(=O)NC(C)C)c(C)c1. The van der Waals surface area contributed by atoms with E-state index >= 15 is 0 Å². The number of hydrazine groups is 1. The topological polar surface area (TPSA) is 105 Å². The number of aromatic nitrogens is 2. The van der Waals surface area contributed by atoms with Crippen LogP contribution in [0.25, 0.3) is 16.9 Å². The zero-order valence-corrected chi connectivity index (χ0v) is 17.9. The van der Waals surface area contributed by atoms with E-state index in [1.54, 1.807) is 24.7 Å². The van der Waals surface area contributed by atoms with Crippen LogP contribution in [0.15, 0.2) is 54.7 Å². The van der Waals surface area contributed by atoms with Crippen LogP contribution in [0.2, 0.25) is 0 Å². The number of aryl methyl sites for hydroxylation is 2. The lowest BCUT2D eigenvalue weighted by atomic mass is 10.0. The van der Waals surface area contributed by atoms with Crippen molar-refractivity contribution in [3.8, 4) is 16.9 Å². The second kappa shape index (κ2) is 9.25. The predicted molar refractivity (Wildman–Crippen MR) is 117 cm³/mol. The maximum absolute atomic E-state index is 12.9. The summed E-state index contributed by atoms with van der Waals surface area (Å²) < 4.78 is 1.61. The van der Waals surface area contributed by atoms with Gasteiger partial charge in [0.2, 0.25) is 0 Å². The fraction of sp³-hybridized carbons (Fsp3) is 0.217. The summed E-state index contributed by atoms with van der Waals surface area (Å²) in [4.78, 5) is 36.6. The maximum Gasteiger partial charge on any atom is 0.327 e. The van der Waals surface area contributed by atoms with E-state index in [-0.39, 0.29) is 11.6 Å². The Kier molecular flexibility index (Phi) is 6.49. The molecule has 0 saturated carbocycles. The van der Waals surface area contributed by atoms with Gasteiger partial charge in [0.25, 0.3) is 5.91 Å². The average molecular weight is 419 g/mol. The first-order chi connectivity index (χ1) is 14.8. The quantitative estimate of drug-likeness (QED) is 0.446. The Morgan fingerprint density at radius 2 is 1.65 bits per heavy atom. The molecule has 0 unspecified atom stereocenters. The van der Waals surface area contributed by atoms with Crippen LogP contribution >= 0.6 is 0 Å². The molecule has 3 N–H and O–H groups in total. The lowest BCUT2D eigenvalue weighted by molar-refractivity contribution is -0.139. The summed E-state index contributed by atoms with van der Waals surface area (Å²) in [5.74, 6) is -2.36. The molecule has 1 aromatic heterocycles. The molecule has 31 heavy (non-hydrogen) atoms. The third-order valence-corrected chi connectivity index (χ3v) is 4.53. The monoisotopic (exact) mass is 419 g/mol. The summed E-state index contributed by atoms with van der Waals surface area (Å²) in [6, 6.07) is 15.1. The molecule has 3 amide bonds. The van der Waals surface area contributed by atoms with Crippen molar-refractivity contribution in [1.82, 2.24) is 25.9 Å². The van der Waals surface area contributed by atoms with Gasteiger partial charge in [-0.3, -0.25) is 25.2 Å². The summed E-state index contributed by atoms with van der Waals surface area (Å²) >= 11 is 0. The van der Waals surface area contributed by atoms with Crippen LogP contribution < -0.4 is 16.2 Å². The standard InChI is InChI=1S/C23H25N5O3/c1-14(2)24-22(30)23(31)26-25-21(29)19-13-28(17-8-6-5-7-9-17)27-20(19)18-11-10-15(3)12-16(18)4/h5-14H,1-4H3,(H,24,30)(H,25,29)(H,26,31). The molecular weight excluding hydrogens is 394 g/mol. The van der Waals surface area contributed by atoms with E-state index in [4.69, 9.17) is 0 Å². The third-order valence-electron chi connectivity index (χ3n) is 4.53. The molecule has 1 heterocycles. The van der Waals surface area contributed by atoms with Crippen LogP contribution in [0.5, 0.6) is 0 Å². The van der Waals surface area contributed by atoms with Crippen molar-refractivity contribution in [3.63, 3.8) is 0 Å². The van der Waals surface area contributed by atoms with E-state index in [0.29, 0.717) is 5.69 Å². The number of hydrogen-bond donors (Lipinski definition) is 3. The van der Waals surface area contributed by atoms with Crippen molar-refractivity contribution in [3.05, 3.63) is 71.4 Å². The van der Waals surface area contributed by atoms with E-state index in [1.807, 2.05) is 62.4 Å². The molecule has 0 saturated heterocycles. The number of para-hydroxylation sites is 1. The highest BCUT2D eigenvalue weighted by atomic mass is 16.2. The number of rotatable bonds is 4. The minimum atomic E-state index is -0.953. The van der Waals surface area contributed by atoms with Gasteiger partial charge in [0.15, 0.2) is 0 Å². The average Bonchev–Trinajstić information content (AvgIpc) is 3.17. The number of carbonyl (C=O) groups is 3. The van der Waals surface area contributed by atoms with Gasteiger partial charge < -0.3 is 5.32 Å². The molecule has 0 fully saturated rings. The van der Waals surface area contributed by atoms with Gasteiger partial charge in [-0.1, -0.05) is 42.0 Å². The molecule has 3 aromatic rings. The number of carbonyl (C=O) groups excluding carboxylic acids is 3. The highest BCUT2D eigenvalue weighted by Crippen LogP contribution is 2.27. The van der Waals surface area contributed by atoms with Gasteiger partial charge in [0.1, 0.15) is 5.69 Å². The molecular formula is C23H25N5O3. The molecule has 0 aliphatic rings. The van der Waals surface area contributed by atoms with Crippen molar-refractivity contribution in [1.29, 1.82) is 0 Å². The smallest absolute Gasteiger partial charge is 0.327 e. The fourth-order valence-electron chi connectivity index (χ4n) is 3.10. The van der Waals surface area contributed by atoms with Crippen LogP contribution in [0.1, 0.15) is 35.3 Å². The van der Waals surface area contributed by atoms with E-state index in [9.17, 15) is 14.4 Å². The number of nitrogens with one attached hydrogen (secondary N) is 3. The molecule has 8 heteroatoms. The summed E-state index contributed by atoms with van der Waals surface area (Å²) in [5, 5.41) is 7.09. The van der Waals surface area contributed by atoms with Gasteiger partial charge in [0.05, 0.1) is 11.3 Å². The van der Waals surface area contributed by atoms with Crippen LogP contribution in [0.4, 0.5) is 0 Å². The molecule has 0 atom stereocenters. The zero-order valence-electron chi connectivity index (χ0n) is 17.9. The highest BCUT2D eigenvalue weighted by molar-refractivity contribution is 6.35. The largest absolute Gasteiger partial charge is 0.346 e. The first-order valence-electron chi connectivity index (χ1n) is 9.90. The summed E-state index contributed by atoms with van der Waals surface area (Å²) in [7, 11) is 0. The molecule has 0 bridgehead atoms. The number of hydrogen-bond acceptors (Lipinski definition) is 4. The van der Waals surface area contributed by atoms with E-state index in [2.05, 4.69) is 21.3 Å². The number of amides is 3. The number of benzene rings is 2. The highest BCUT2D eigenvalue weighted by Gasteiger charge is 2.22. The Morgan fingerprint density at radius 1 is 0.935 bits per heavy atom. The van der Waals surface area contributed by atoms with E-state index < -0.39 is 17.7 Å². The fourth-order valence-corrected chi connectivity index (χ4v) is 3.10. The zero-order chi connectivity index (χ0) is 22.5. The van der Waals surface area contributed by atoms with Crippen LogP contribution in [-0.4, -0.2) is 33.5 Å². The Balaban J connectivity index is 1.92. The van der Waals surface area contributed by atoms with Gasteiger partial charge in [0, 0.05) is 17.8 Å². The first-order valence-corrected chi connectivity index (χ1v) is 9.90. The first kappa shape index (κ1) is 21.8. The molecule has 0 spiro atoms. The van der Waals surface area contributed by atoms with Crippen molar-refractivity contribution in [2.24, 2.45) is 0 Å². The van der Waals surface area contributed by atoms with Gasteiger partial charge in [-0.15, -0.1) is 0 Å². The van der Waals surface area contributed by atoms with Crippen LogP contribution in [0.3, 0.4) is 0 Å². The van der Waals surface area contributed by atoms with Crippen molar-refractivity contribution in [2.75, 3.05) is 0 Å². The molecule has 2 aromatic carbocycles. The third kappa shape index (κ3) is 5.16. The lowest BCUT2D eigenvalue weighted by Gasteiger charge is -2.10. The van der Waals surface area contributed by atoms with Crippen molar-refractivity contribution < 1.29 is 14.4 Å². The van der Waals surface area contributed by atoms with E-state index in [0.717, 1.165) is 22.4 Å². The molecule has 8 nitrogen and oxygen atoms in total. The Bertz CT molecular complexity index is 1120. The Hall–Kier alpha value is -3.94. The summed E-state index contributed by atoms with van der Waals surface area (Å²) in [6.45, 7) is 7.41. The van der Waals surface area contributed by atoms with Crippen molar-refractivity contribution >= 4 is 17.7 Å². The van der Waals surface area contributed by atoms with E-state index in [1.165, 1.54) is 0 Å². The molecule has 0 aliphatic carbocycles. The second-order valence-electron chi connectivity index (χ2n) is 7.53. The lowest BCUT2D eigenvalue weighted by Crippen LogP contribution is -2.49. The Labute approximate surface area is 180 Å². The predicted octanol–water partition coefficient (Wildman–Crippen LogP) is 2.44. The van der Waals surface area contributed by atoms with Gasteiger partial charge >= 0.3 is 11.8 Å². The number of nitrogens with zero attached hydrogens (tertiary/aromatic N) is 2. The second-order valence-corrected chi connectivity index (χ2v) is 7.53. The summed E-state index contributed by atoms with van der Waals surface area (Å²) in [5.41, 5.74) is 8.84. The minimum absolute atomic E-state index is 0.200. The Morgan fingerprint density at radius 3 is 2.29 bits per heavy atom. The van der Waals surface area contributed by atoms with Gasteiger partial charge in [-0.05, 0) is 45.4 Å². The maximum atomic E-state index is 12.9. The molecule has 160 valence electrons. The minimum Gasteiger partial charge on any atom is -0.346 e. The van der Waals surface area contributed by atoms with Crippen molar-refractivity contribution in [2.45, 2.75) is 33.7 Å². The normalized spacial score (nSPS) is 10.6. The molecule has 0 radical (unpaired) electrons. The van der Waals surface area contributed by atoms with Gasteiger partial charge in [-0.2, -0.15) is 5.10 Å².